The number of hydrogen-bond donors (Lipinski definition) is 3. The summed E-state index contributed by atoms with van der Waals surface area (Å²) in [6.45, 7) is 3.68. The van der Waals surface area contributed by atoms with Crippen LogP contribution in [0.25, 0.3) is 16.9 Å². The minimum atomic E-state index is -4.74. The molecule has 0 aliphatic heterocycles. The Kier molecular flexibility index (Phi) is 9.00. The monoisotopic (exact) mass is 562 g/mol. The molecule has 3 aromatic heterocycles. The van der Waals surface area contributed by atoms with Crippen LogP contribution in [-0.2, 0) is 23.9 Å². The maximum atomic E-state index is 13.7. The van der Waals surface area contributed by atoms with Crippen molar-refractivity contribution in [3.63, 3.8) is 0 Å². The first-order valence-corrected chi connectivity index (χ1v) is 12.7. The molecule has 4 aromatic rings. The number of fused-ring (bicyclic) bond motifs is 1. The summed E-state index contributed by atoms with van der Waals surface area (Å²) >= 11 is 0. The molecule has 10 nitrogen and oxygen atoms in total. The van der Waals surface area contributed by atoms with Gasteiger partial charge >= 0.3 is 6.18 Å². The Labute approximate surface area is 227 Å². The quantitative estimate of drug-likeness (QED) is 0.176. The molecule has 1 atom stereocenters. The van der Waals surface area contributed by atoms with Gasteiger partial charge in [0.15, 0.2) is 17.2 Å². The molecule has 1 aromatic carbocycles. The first-order valence-electron chi connectivity index (χ1n) is 12.7. The standard InChI is InChI=1S/C26H30F4N8O2/c1-3-17-12-18(4-5-19(17)25(39)33-8-11-40-15-16(2)31)35-23-24-34-13-21(38(24)10-7-32-23)20-14-37(9-6-27)36-22(20)26(28,29)30/h4-5,7,10,12-14,16H,3,6,8-9,11,15,31H2,1-2H3,(H,32,35)(H,33,39)/t16-/m1/s1. The van der Waals surface area contributed by atoms with E-state index in [-0.39, 0.29) is 35.4 Å². The van der Waals surface area contributed by atoms with Gasteiger partial charge in [0, 0.05) is 42.4 Å². The first kappa shape index (κ1) is 29.0. The zero-order valence-corrected chi connectivity index (χ0v) is 22.0. The van der Waals surface area contributed by atoms with E-state index >= 15 is 0 Å². The number of aryl methyl sites for hydroxylation is 2. The fourth-order valence-electron chi connectivity index (χ4n) is 4.15. The number of nitrogens with zero attached hydrogens (tertiary/aromatic N) is 5. The second-order valence-corrected chi connectivity index (χ2v) is 9.11. The van der Waals surface area contributed by atoms with Gasteiger partial charge in [0.05, 0.1) is 37.2 Å². The summed E-state index contributed by atoms with van der Waals surface area (Å²) in [7, 11) is 0. The Morgan fingerprint density at radius 2 is 2.05 bits per heavy atom. The molecule has 0 fully saturated rings. The summed E-state index contributed by atoms with van der Waals surface area (Å²) in [6, 6.07) is 5.11. The zero-order chi connectivity index (χ0) is 28.9. The third-order valence-corrected chi connectivity index (χ3v) is 5.95. The van der Waals surface area contributed by atoms with Crippen molar-refractivity contribution in [1.82, 2.24) is 29.5 Å². The number of anilines is 2. The Bertz CT molecular complexity index is 1460. The molecule has 40 heavy (non-hydrogen) atoms. The minimum Gasteiger partial charge on any atom is -0.378 e. The average molecular weight is 563 g/mol. The smallest absolute Gasteiger partial charge is 0.378 e. The van der Waals surface area contributed by atoms with Gasteiger partial charge in [-0.1, -0.05) is 6.92 Å². The van der Waals surface area contributed by atoms with Gasteiger partial charge in [-0.15, -0.1) is 0 Å². The predicted molar refractivity (Wildman–Crippen MR) is 141 cm³/mol. The molecule has 0 spiro atoms. The van der Waals surface area contributed by atoms with Crippen molar-refractivity contribution in [2.75, 3.05) is 31.7 Å². The highest BCUT2D eigenvalue weighted by Gasteiger charge is 2.38. The minimum absolute atomic E-state index is 0.0832. The predicted octanol–water partition coefficient (Wildman–Crippen LogP) is 3.98. The summed E-state index contributed by atoms with van der Waals surface area (Å²) in [5.74, 6) is 0.0590. The Balaban J connectivity index is 1.57. The number of rotatable bonds is 12. The molecule has 4 N–H and O–H groups in total. The second-order valence-electron chi connectivity index (χ2n) is 9.11. The van der Waals surface area contributed by atoms with Gasteiger partial charge in [-0.25, -0.2) is 14.4 Å². The van der Waals surface area contributed by atoms with E-state index < -0.39 is 18.5 Å². The van der Waals surface area contributed by atoms with Crippen molar-refractivity contribution in [2.24, 2.45) is 5.73 Å². The maximum Gasteiger partial charge on any atom is 0.435 e. The number of aromatic nitrogens is 5. The Morgan fingerprint density at radius 3 is 2.75 bits per heavy atom. The first-order chi connectivity index (χ1) is 19.1. The number of carbonyl (C=O) groups is 1. The van der Waals surface area contributed by atoms with Crippen LogP contribution < -0.4 is 16.4 Å². The van der Waals surface area contributed by atoms with E-state index in [1.165, 1.54) is 23.0 Å². The van der Waals surface area contributed by atoms with E-state index in [0.29, 0.717) is 43.2 Å². The molecule has 1 amide bonds. The summed E-state index contributed by atoms with van der Waals surface area (Å²) in [5.41, 5.74) is 6.60. The van der Waals surface area contributed by atoms with Crippen molar-refractivity contribution >= 4 is 23.1 Å². The number of nitrogens with one attached hydrogen (secondary N) is 2. The average Bonchev–Trinajstić information content (AvgIpc) is 3.53. The fourth-order valence-corrected chi connectivity index (χ4v) is 4.15. The highest BCUT2D eigenvalue weighted by molar-refractivity contribution is 5.96. The van der Waals surface area contributed by atoms with Crippen molar-refractivity contribution in [2.45, 2.75) is 39.0 Å². The number of benzene rings is 1. The highest BCUT2D eigenvalue weighted by atomic mass is 19.4. The van der Waals surface area contributed by atoms with Crippen LogP contribution in [0.4, 0.5) is 29.1 Å². The van der Waals surface area contributed by atoms with Crippen LogP contribution in [0.1, 0.15) is 35.5 Å². The van der Waals surface area contributed by atoms with Crippen molar-refractivity contribution in [1.29, 1.82) is 0 Å². The van der Waals surface area contributed by atoms with Gasteiger partial charge in [-0.2, -0.15) is 18.3 Å². The lowest BCUT2D eigenvalue weighted by molar-refractivity contribution is -0.141. The number of nitrogens with two attached hydrogens (primary N) is 1. The molecule has 3 heterocycles. The summed E-state index contributed by atoms with van der Waals surface area (Å²) in [6.07, 6.45) is 1.19. The normalized spacial score (nSPS) is 12.6. The van der Waals surface area contributed by atoms with Gasteiger partial charge in [-0.05, 0) is 37.1 Å². The number of amides is 1. The Hall–Kier alpha value is -4.04. The van der Waals surface area contributed by atoms with E-state index in [2.05, 4.69) is 25.7 Å². The van der Waals surface area contributed by atoms with E-state index in [1.54, 1.807) is 18.2 Å². The topological polar surface area (TPSA) is 124 Å². The van der Waals surface area contributed by atoms with Crippen LogP contribution in [0.5, 0.6) is 0 Å². The zero-order valence-electron chi connectivity index (χ0n) is 22.0. The van der Waals surface area contributed by atoms with Gasteiger partial charge in [-0.3, -0.25) is 13.9 Å². The fraction of sp³-hybridized carbons (Fsp3) is 0.385. The molecule has 0 aliphatic carbocycles. The van der Waals surface area contributed by atoms with Crippen molar-refractivity contribution in [3.05, 3.63) is 59.8 Å². The number of ether oxygens (including phenoxy) is 1. The SMILES string of the molecule is CCc1cc(Nc2nccn3c(-c4cn(CCF)nc4C(F)(F)F)cnc23)ccc1C(=O)NCCOC[C@@H](C)N. The molecular formula is C26H30F4N8O2. The van der Waals surface area contributed by atoms with Crippen LogP contribution in [0.3, 0.4) is 0 Å². The molecule has 214 valence electrons. The molecular weight excluding hydrogens is 532 g/mol. The second kappa shape index (κ2) is 12.4. The molecule has 0 radical (unpaired) electrons. The van der Waals surface area contributed by atoms with Crippen LogP contribution in [0.15, 0.2) is 43.0 Å². The summed E-state index contributed by atoms with van der Waals surface area (Å²) < 4.78 is 61.6. The van der Waals surface area contributed by atoms with Crippen molar-refractivity contribution < 1.29 is 27.1 Å². The molecule has 0 saturated carbocycles. The van der Waals surface area contributed by atoms with Gasteiger partial charge in [0.25, 0.3) is 5.91 Å². The number of carbonyl (C=O) groups excluding carboxylic acids is 1. The van der Waals surface area contributed by atoms with E-state index in [9.17, 15) is 22.4 Å². The number of halogens is 4. The maximum absolute atomic E-state index is 13.7. The molecule has 0 unspecified atom stereocenters. The molecule has 14 heteroatoms. The lowest BCUT2D eigenvalue weighted by Crippen LogP contribution is -2.30. The molecule has 4 rings (SSSR count). The largest absolute Gasteiger partial charge is 0.435 e. The van der Waals surface area contributed by atoms with Crippen LogP contribution in [0, 0.1) is 0 Å². The molecule has 0 saturated heterocycles. The number of alkyl halides is 4. The number of hydrogen-bond acceptors (Lipinski definition) is 7. The van der Waals surface area contributed by atoms with E-state index in [0.717, 1.165) is 16.4 Å². The van der Waals surface area contributed by atoms with Crippen LogP contribution in [-0.4, -0.2) is 62.5 Å². The lowest BCUT2D eigenvalue weighted by Gasteiger charge is -2.13. The molecule has 0 aliphatic rings. The van der Waals surface area contributed by atoms with E-state index in [4.69, 9.17) is 10.5 Å². The third-order valence-electron chi connectivity index (χ3n) is 5.95. The van der Waals surface area contributed by atoms with Crippen LogP contribution >= 0.6 is 0 Å². The van der Waals surface area contributed by atoms with Gasteiger partial charge in [0.1, 0.15) is 6.67 Å². The van der Waals surface area contributed by atoms with Crippen LogP contribution in [0.2, 0.25) is 0 Å². The van der Waals surface area contributed by atoms with Gasteiger partial charge in [0.2, 0.25) is 0 Å². The summed E-state index contributed by atoms with van der Waals surface area (Å²) in [5, 5.41) is 9.50. The third kappa shape index (κ3) is 6.57. The lowest BCUT2D eigenvalue weighted by atomic mass is 10.0. The number of imidazole rings is 1. The summed E-state index contributed by atoms with van der Waals surface area (Å²) in [4.78, 5) is 21.3. The van der Waals surface area contributed by atoms with E-state index in [1.807, 2.05) is 13.8 Å². The highest BCUT2D eigenvalue weighted by Crippen LogP contribution is 2.37. The molecule has 0 bridgehead atoms. The Morgan fingerprint density at radius 1 is 1.25 bits per heavy atom. The van der Waals surface area contributed by atoms with Gasteiger partial charge < -0.3 is 21.1 Å². The van der Waals surface area contributed by atoms with Crippen molar-refractivity contribution in [3.8, 4) is 11.3 Å².